The molecular weight excluding hydrogens is 376 g/mol. The van der Waals surface area contributed by atoms with Crippen molar-refractivity contribution in [1.82, 2.24) is 0 Å². The second kappa shape index (κ2) is 9.15. The molecule has 0 bridgehead atoms. The molecule has 0 radical (unpaired) electrons. The van der Waals surface area contributed by atoms with Crippen LogP contribution in [0.3, 0.4) is 0 Å². The zero-order valence-corrected chi connectivity index (χ0v) is 21.6. The highest BCUT2D eigenvalue weighted by Crippen LogP contribution is 2.69. The van der Waals surface area contributed by atoms with Crippen LogP contribution in [0.15, 0.2) is 11.6 Å². The molecule has 0 aromatic carbocycles. The molecular formula is C30H52O. The molecule has 178 valence electrons. The lowest BCUT2D eigenvalue weighted by Crippen LogP contribution is -2.51. The SMILES string of the molecule is CC/C=C(/CC[C@@H](C)[C@H]1CC[C@H]2[C@@H]3CC[C@H]4[C@@H](CO)CC[C@]4(C)[C@H]3CC[C@]12C)C(C)C. The molecule has 31 heavy (non-hydrogen) atoms. The van der Waals surface area contributed by atoms with Gasteiger partial charge in [-0.1, -0.05) is 53.2 Å². The number of aliphatic hydroxyl groups is 1. The summed E-state index contributed by atoms with van der Waals surface area (Å²) in [6, 6.07) is 0. The fraction of sp³-hybridized carbons (Fsp3) is 0.933. The van der Waals surface area contributed by atoms with Crippen LogP contribution in [0.5, 0.6) is 0 Å². The summed E-state index contributed by atoms with van der Waals surface area (Å²) >= 11 is 0. The summed E-state index contributed by atoms with van der Waals surface area (Å²) in [4.78, 5) is 0. The first-order chi connectivity index (χ1) is 14.8. The maximum absolute atomic E-state index is 9.96. The molecule has 0 saturated heterocycles. The van der Waals surface area contributed by atoms with Crippen molar-refractivity contribution in [3.63, 3.8) is 0 Å². The first-order valence-electron chi connectivity index (χ1n) is 14.1. The number of hydrogen-bond acceptors (Lipinski definition) is 1. The van der Waals surface area contributed by atoms with Crippen LogP contribution in [0.25, 0.3) is 0 Å². The Bertz CT molecular complexity index is 649. The van der Waals surface area contributed by atoms with Crippen molar-refractivity contribution in [3.8, 4) is 0 Å². The van der Waals surface area contributed by atoms with Gasteiger partial charge in [-0.05, 0) is 129 Å². The number of hydrogen-bond donors (Lipinski definition) is 1. The van der Waals surface area contributed by atoms with Crippen molar-refractivity contribution in [2.75, 3.05) is 6.61 Å². The highest BCUT2D eigenvalue weighted by Gasteiger charge is 2.61. The summed E-state index contributed by atoms with van der Waals surface area (Å²) in [5.74, 6) is 6.80. The highest BCUT2D eigenvalue weighted by atomic mass is 16.3. The lowest BCUT2D eigenvalue weighted by Gasteiger charge is -2.58. The molecule has 0 spiro atoms. The fourth-order valence-corrected chi connectivity index (χ4v) is 10.0. The Hall–Kier alpha value is -0.300. The predicted molar refractivity (Wildman–Crippen MR) is 133 cm³/mol. The van der Waals surface area contributed by atoms with E-state index in [1.54, 1.807) is 5.57 Å². The molecule has 0 heterocycles. The summed E-state index contributed by atoms with van der Waals surface area (Å²) in [5.41, 5.74) is 2.81. The standard InChI is InChI=1S/C30H52O/c1-7-8-22(20(2)3)10-9-21(4)25-13-14-27-24-11-12-26-23(19-31)15-17-30(26,6)28(24)16-18-29(25,27)5/h8,20-21,23-28,31H,7,9-19H2,1-6H3/b22-8-/t21-,23-,24+,25-,26+,27+,28+,29-,30+/m1/s1. The van der Waals surface area contributed by atoms with Gasteiger partial charge in [-0.3, -0.25) is 0 Å². The van der Waals surface area contributed by atoms with E-state index < -0.39 is 0 Å². The first kappa shape index (κ1) is 23.8. The van der Waals surface area contributed by atoms with Crippen molar-refractivity contribution < 1.29 is 5.11 Å². The summed E-state index contributed by atoms with van der Waals surface area (Å²) in [7, 11) is 0. The van der Waals surface area contributed by atoms with Gasteiger partial charge in [0, 0.05) is 6.61 Å². The third-order valence-corrected chi connectivity index (χ3v) is 11.7. The van der Waals surface area contributed by atoms with Gasteiger partial charge in [-0.25, -0.2) is 0 Å². The molecule has 0 amide bonds. The third-order valence-electron chi connectivity index (χ3n) is 11.7. The number of allylic oxidation sites excluding steroid dienone is 2. The minimum absolute atomic E-state index is 0.434. The van der Waals surface area contributed by atoms with Crippen molar-refractivity contribution in [1.29, 1.82) is 0 Å². The second-order valence-corrected chi connectivity index (χ2v) is 13.1. The van der Waals surface area contributed by atoms with E-state index in [1.807, 2.05) is 0 Å². The molecule has 4 aliphatic carbocycles. The van der Waals surface area contributed by atoms with Gasteiger partial charge in [-0.2, -0.15) is 0 Å². The van der Waals surface area contributed by atoms with Crippen LogP contribution in [0.1, 0.15) is 112 Å². The molecule has 4 saturated carbocycles. The Balaban J connectivity index is 1.45. The number of rotatable bonds is 7. The van der Waals surface area contributed by atoms with E-state index in [4.69, 9.17) is 0 Å². The van der Waals surface area contributed by atoms with Crippen LogP contribution < -0.4 is 0 Å². The Kier molecular flexibility index (Phi) is 7.04. The van der Waals surface area contributed by atoms with Gasteiger partial charge in [0.25, 0.3) is 0 Å². The topological polar surface area (TPSA) is 20.2 Å². The first-order valence-corrected chi connectivity index (χ1v) is 14.1. The Labute approximate surface area is 193 Å². The minimum Gasteiger partial charge on any atom is -0.396 e. The molecule has 0 aliphatic heterocycles. The van der Waals surface area contributed by atoms with E-state index in [2.05, 4.69) is 47.6 Å². The van der Waals surface area contributed by atoms with Crippen LogP contribution in [0.2, 0.25) is 0 Å². The van der Waals surface area contributed by atoms with Crippen LogP contribution in [-0.2, 0) is 0 Å². The van der Waals surface area contributed by atoms with Crippen molar-refractivity contribution in [3.05, 3.63) is 11.6 Å². The summed E-state index contributed by atoms with van der Waals surface area (Å²) in [5, 5.41) is 9.96. The van der Waals surface area contributed by atoms with Crippen molar-refractivity contribution in [2.24, 2.45) is 58.2 Å². The van der Waals surface area contributed by atoms with E-state index in [0.29, 0.717) is 29.3 Å². The van der Waals surface area contributed by atoms with E-state index in [0.717, 1.165) is 35.5 Å². The predicted octanol–water partition coefficient (Wildman–Crippen LogP) is 8.27. The molecule has 4 rings (SSSR count). The van der Waals surface area contributed by atoms with Crippen LogP contribution >= 0.6 is 0 Å². The maximum Gasteiger partial charge on any atom is 0.0462 e. The van der Waals surface area contributed by atoms with E-state index in [-0.39, 0.29) is 0 Å². The van der Waals surface area contributed by atoms with Crippen molar-refractivity contribution >= 4 is 0 Å². The van der Waals surface area contributed by atoms with Gasteiger partial charge in [0.1, 0.15) is 0 Å². The van der Waals surface area contributed by atoms with Crippen molar-refractivity contribution in [2.45, 2.75) is 112 Å². The molecule has 0 unspecified atom stereocenters. The average molecular weight is 429 g/mol. The van der Waals surface area contributed by atoms with Gasteiger partial charge in [0.15, 0.2) is 0 Å². The molecule has 1 nitrogen and oxygen atoms in total. The molecule has 9 atom stereocenters. The molecule has 4 aliphatic rings. The van der Waals surface area contributed by atoms with Gasteiger partial charge < -0.3 is 5.11 Å². The quantitative estimate of drug-likeness (QED) is 0.404. The summed E-state index contributed by atoms with van der Waals surface area (Å²) in [6.45, 7) is 15.4. The second-order valence-electron chi connectivity index (χ2n) is 13.1. The highest BCUT2D eigenvalue weighted by molar-refractivity contribution is 5.11. The zero-order chi connectivity index (χ0) is 22.4. The largest absolute Gasteiger partial charge is 0.396 e. The van der Waals surface area contributed by atoms with Gasteiger partial charge in [0.2, 0.25) is 0 Å². The van der Waals surface area contributed by atoms with Crippen LogP contribution in [0, 0.1) is 58.2 Å². The van der Waals surface area contributed by atoms with Crippen LogP contribution in [0.4, 0.5) is 0 Å². The molecule has 1 N–H and O–H groups in total. The lowest BCUT2D eigenvalue weighted by atomic mass is 9.46. The zero-order valence-electron chi connectivity index (χ0n) is 21.6. The van der Waals surface area contributed by atoms with Crippen LogP contribution in [-0.4, -0.2) is 11.7 Å². The monoisotopic (exact) mass is 428 g/mol. The molecule has 1 heteroatoms. The summed E-state index contributed by atoms with van der Waals surface area (Å²) in [6.07, 6.45) is 17.9. The van der Waals surface area contributed by atoms with Gasteiger partial charge >= 0.3 is 0 Å². The Morgan fingerprint density at radius 1 is 0.903 bits per heavy atom. The van der Waals surface area contributed by atoms with E-state index >= 15 is 0 Å². The van der Waals surface area contributed by atoms with E-state index in [1.165, 1.54) is 70.6 Å². The molecule has 0 aromatic rings. The summed E-state index contributed by atoms with van der Waals surface area (Å²) < 4.78 is 0. The van der Waals surface area contributed by atoms with E-state index in [9.17, 15) is 5.11 Å². The maximum atomic E-state index is 9.96. The Morgan fingerprint density at radius 3 is 2.26 bits per heavy atom. The Morgan fingerprint density at radius 2 is 1.58 bits per heavy atom. The third kappa shape index (κ3) is 3.98. The number of aliphatic hydroxyl groups excluding tert-OH is 1. The fourth-order valence-electron chi connectivity index (χ4n) is 10.0. The smallest absolute Gasteiger partial charge is 0.0462 e. The lowest BCUT2D eigenvalue weighted by molar-refractivity contribution is -0.0975. The molecule has 4 fully saturated rings. The molecule has 0 aromatic heterocycles. The number of fused-ring (bicyclic) bond motifs is 5. The van der Waals surface area contributed by atoms with Gasteiger partial charge in [0.05, 0.1) is 0 Å². The average Bonchev–Trinajstić information content (AvgIpc) is 3.27. The minimum atomic E-state index is 0.434. The van der Waals surface area contributed by atoms with Gasteiger partial charge in [-0.15, -0.1) is 0 Å². The normalized spacial score (nSPS) is 46.0.